The molecular weight excluding hydrogens is 585 g/mol. The zero-order valence-corrected chi connectivity index (χ0v) is 32.2. The molecule has 0 amide bonds. The van der Waals surface area contributed by atoms with Crippen molar-refractivity contribution < 1.29 is 4.79 Å². The molecule has 0 aromatic heterocycles. The highest BCUT2D eigenvalue weighted by Gasteiger charge is 2.13. The van der Waals surface area contributed by atoms with Crippen LogP contribution in [0.25, 0.3) is 0 Å². The Balaban J connectivity index is 2.01. The highest BCUT2D eigenvalue weighted by Crippen LogP contribution is 2.23. The van der Waals surface area contributed by atoms with Crippen LogP contribution in [0.3, 0.4) is 0 Å². The molecule has 0 saturated heterocycles. The summed E-state index contributed by atoms with van der Waals surface area (Å²) in [5.41, 5.74) is 4.12. The van der Waals surface area contributed by atoms with Gasteiger partial charge in [0, 0.05) is 48.7 Å². The second-order valence-corrected chi connectivity index (χ2v) is 14.5. The summed E-state index contributed by atoms with van der Waals surface area (Å²) in [5, 5.41) is 0. The van der Waals surface area contributed by atoms with Crippen molar-refractivity contribution in [1.82, 2.24) is 0 Å². The minimum atomic E-state index is 0.130. The predicted molar refractivity (Wildman–Crippen MR) is 214 cm³/mol. The molecule has 0 aliphatic heterocycles. The number of anilines is 2. The second kappa shape index (κ2) is 28.5. The Morgan fingerprint density at radius 1 is 0.354 bits per heavy atom. The number of carbonyl (C=O) groups is 1. The Labute approximate surface area is 298 Å². The number of hydrogen-bond donors (Lipinski definition) is 0. The molecule has 0 aliphatic carbocycles. The minimum Gasteiger partial charge on any atom is -0.372 e. The normalized spacial score (nSPS) is 11.2. The van der Waals surface area contributed by atoms with Gasteiger partial charge in [0.05, 0.1) is 0 Å². The van der Waals surface area contributed by atoms with Crippen molar-refractivity contribution in [3.63, 3.8) is 0 Å². The number of nitrogens with zero attached hydrogens (tertiary/aromatic N) is 2. The van der Waals surface area contributed by atoms with Crippen LogP contribution in [-0.2, 0) is 0 Å². The Kier molecular flexibility index (Phi) is 24.9. The van der Waals surface area contributed by atoms with Gasteiger partial charge in [0.1, 0.15) is 0 Å². The van der Waals surface area contributed by atoms with Crippen molar-refractivity contribution >= 4 is 17.2 Å². The van der Waals surface area contributed by atoms with Gasteiger partial charge in [-0.1, -0.05) is 156 Å². The Morgan fingerprint density at radius 2 is 0.583 bits per heavy atom. The van der Waals surface area contributed by atoms with Gasteiger partial charge in [0.2, 0.25) is 0 Å². The topological polar surface area (TPSA) is 23.6 Å². The first-order valence-corrected chi connectivity index (χ1v) is 20.9. The number of carbonyl (C=O) groups excluding carboxylic acids is 1. The molecule has 2 aromatic rings. The van der Waals surface area contributed by atoms with Gasteiger partial charge in [-0.2, -0.15) is 0 Å². The molecule has 0 radical (unpaired) electrons. The fourth-order valence-corrected chi connectivity index (χ4v) is 6.89. The molecule has 0 spiro atoms. The summed E-state index contributed by atoms with van der Waals surface area (Å²) in [6.07, 6.45) is 31.7. The summed E-state index contributed by atoms with van der Waals surface area (Å²) in [6, 6.07) is 17.0. The summed E-state index contributed by atoms with van der Waals surface area (Å²) in [4.78, 5) is 18.7. The smallest absolute Gasteiger partial charge is 0.193 e. The van der Waals surface area contributed by atoms with Crippen molar-refractivity contribution in [2.24, 2.45) is 0 Å². The molecule has 0 saturated carbocycles. The first-order valence-electron chi connectivity index (χ1n) is 20.9. The summed E-state index contributed by atoms with van der Waals surface area (Å²) >= 11 is 0. The van der Waals surface area contributed by atoms with Crippen LogP contribution in [0.4, 0.5) is 11.4 Å². The third kappa shape index (κ3) is 18.5. The largest absolute Gasteiger partial charge is 0.372 e. The fourth-order valence-electron chi connectivity index (χ4n) is 6.89. The molecule has 0 atom stereocenters. The van der Waals surface area contributed by atoms with Gasteiger partial charge in [-0.3, -0.25) is 4.79 Å². The molecule has 272 valence electrons. The van der Waals surface area contributed by atoms with E-state index >= 15 is 0 Å². The van der Waals surface area contributed by atoms with Crippen molar-refractivity contribution in [3.05, 3.63) is 59.7 Å². The summed E-state index contributed by atoms with van der Waals surface area (Å²) in [7, 11) is 0. The van der Waals surface area contributed by atoms with E-state index in [0.717, 1.165) is 37.3 Å². The Morgan fingerprint density at radius 3 is 0.833 bits per heavy atom. The van der Waals surface area contributed by atoms with Crippen molar-refractivity contribution in [2.45, 2.75) is 182 Å². The molecule has 0 aliphatic rings. The molecule has 48 heavy (non-hydrogen) atoms. The molecule has 0 bridgehead atoms. The lowest BCUT2D eigenvalue weighted by Gasteiger charge is -2.26. The van der Waals surface area contributed by atoms with Crippen LogP contribution in [0, 0.1) is 0 Å². The number of rotatable bonds is 32. The Bertz CT molecular complexity index is 901. The lowest BCUT2D eigenvalue weighted by atomic mass is 10.0. The van der Waals surface area contributed by atoms with E-state index in [-0.39, 0.29) is 5.78 Å². The van der Waals surface area contributed by atoms with E-state index in [1.807, 2.05) is 0 Å². The van der Waals surface area contributed by atoms with Crippen molar-refractivity contribution in [2.75, 3.05) is 36.0 Å². The van der Waals surface area contributed by atoms with Crippen molar-refractivity contribution in [1.29, 1.82) is 0 Å². The molecule has 0 unspecified atom stereocenters. The first-order chi connectivity index (χ1) is 23.6. The lowest BCUT2D eigenvalue weighted by Crippen LogP contribution is -2.26. The van der Waals surface area contributed by atoms with Gasteiger partial charge >= 0.3 is 0 Å². The third-order valence-electron chi connectivity index (χ3n) is 10.1. The zero-order chi connectivity index (χ0) is 34.5. The quantitative estimate of drug-likeness (QED) is 0.0576. The minimum absolute atomic E-state index is 0.130. The zero-order valence-electron chi connectivity index (χ0n) is 32.2. The van der Waals surface area contributed by atoms with Crippen molar-refractivity contribution in [3.8, 4) is 0 Å². The predicted octanol–water partition coefficient (Wildman–Crippen LogP) is 14.0. The van der Waals surface area contributed by atoms with Gasteiger partial charge in [-0.15, -0.1) is 0 Å². The van der Waals surface area contributed by atoms with Crippen LogP contribution in [0.5, 0.6) is 0 Å². The van der Waals surface area contributed by atoms with Crippen LogP contribution in [0.15, 0.2) is 48.5 Å². The molecule has 0 heterocycles. The van der Waals surface area contributed by atoms with Gasteiger partial charge in [0.15, 0.2) is 5.78 Å². The van der Waals surface area contributed by atoms with E-state index in [1.165, 1.54) is 165 Å². The number of unbranched alkanes of at least 4 members (excludes halogenated alkanes) is 20. The maximum absolute atomic E-state index is 13.6. The third-order valence-corrected chi connectivity index (χ3v) is 10.1. The van der Waals surface area contributed by atoms with Crippen LogP contribution >= 0.6 is 0 Å². The molecule has 2 rings (SSSR count). The molecule has 3 nitrogen and oxygen atoms in total. The number of hydrogen-bond acceptors (Lipinski definition) is 3. The molecule has 0 N–H and O–H groups in total. The van der Waals surface area contributed by atoms with E-state index in [1.54, 1.807) is 0 Å². The van der Waals surface area contributed by atoms with Crippen LogP contribution in [0.2, 0.25) is 0 Å². The SMILES string of the molecule is CCCCCCCCN(CCCCCCCC)c1ccc(C(=O)c2ccc(N(CCCCCCCC)CCCCCCCC)cc2)cc1. The monoisotopic (exact) mass is 661 g/mol. The van der Waals surface area contributed by atoms with Crippen LogP contribution in [-0.4, -0.2) is 32.0 Å². The summed E-state index contributed by atoms with van der Waals surface area (Å²) < 4.78 is 0. The van der Waals surface area contributed by atoms with Crippen LogP contribution in [0.1, 0.15) is 198 Å². The first kappa shape index (κ1) is 41.9. The Hall–Kier alpha value is -2.29. The van der Waals surface area contributed by atoms with E-state index < -0.39 is 0 Å². The van der Waals surface area contributed by atoms with Gasteiger partial charge in [-0.25, -0.2) is 0 Å². The van der Waals surface area contributed by atoms with E-state index in [2.05, 4.69) is 86.0 Å². The highest BCUT2D eigenvalue weighted by atomic mass is 16.1. The second-order valence-electron chi connectivity index (χ2n) is 14.5. The maximum atomic E-state index is 13.6. The number of benzene rings is 2. The lowest BCUT2D eigenvalue weighted by molar-refractivity contribution is 0.103. The maximum Gasteiger partial charge on any atom is 0.193 e. The molecule has 0 fully saturated rings. The summed E-state index contributed by atoms with van der Waals surface area (Å²) in [6.45, 7) is 13.6. The molecule has 2 aromatic carbocycles. The highest BCUT2D eigenvalue weighted by molar-refractivity contribution is 6.09. The van der Waals surface area contributed by atoms with E-state index in [4.69, 9.17) is 0 Å². The van der Waals surface area contributed by atoms with Gasteiger partial charge < -0.3 is 9.80 Å². The van der Waals surface area contributed by atoms with Gasteiger partial charge in [0.25, 0.3) is 0 Å². The average molecular weight is 661 g/mol. The summed E-state index contributed by atoms with van der Waals surface area (Å²) in [5.74, 6) is 0.130. The molecule has 3 heteroatoms. The van der Waals surface area contributed by atoms with Crippen LogP contribution < -0.4 is 9.80 Å². The fraction of sp³-hybridized carbons (Fsp3) is 0.711. The number of ketones is 1. The van der Waals surface area contributed by atoms with E-state index in [9.17, 15) is 4.79 Å². The van der Waals surface area contributed by atoms with E-state index in [0.29, 0.717) is 0 Å². The van der Waals surface area contributed by atoms with Gasteiger partial charge in [-0.05, 0) is 74.2 Å². The standard InChI is InChI=1S/C45H76N2O/c1-5-9-13-17-21-25-37-46(38-26-22-18-14-10-6-2)43-33-29-41(30-34-43)45(48)42-31-35-44(36-32-42)47(39-27-23-19-15-11-7-3)40-28-24-20-16-12-8-4/h29-36H,5-28,37-40H2,1-4H3. The average Bonchev–Trinajstić information content (AvgIpc) is 3.12. The molecular formula is C45H76N2O.